The fourth-order valence-electron chi connectivity index (χ4n) is 3.16. The van der Waals surface area contributed by atoms with E-state index in [1.54, 1.807) is 0 Å². The van der Waals surface area contributed by atoms with Crippen molar-refractivity contribution in [2.45, 2.75) is 57.4 Å². The van der Waals surface area contributed by atoms with Crippen molar-refractivity contribution < 1.29 is 14.7 Å². The molecule has 0 radical (unpaired) electrons. The van der Waals surface area contributed by atoms with Crippen LogP contribution in [-0.2, 0) is 9.53 Å². The Labute approximate surface area is 119 Å². The first-order valence-corrected chi connectivity index (χ1v) is 7.56. The Morgan fingerprint density at radius 2 is 1.80 bits per heavy atom. The smallest absolute Gasteiger partial charge is 0.234 e. The third-order valence-corrected chi connectivity index (χ3v) is 4.57. The van der Waals surface area contributed by atoms with Crippen LogP contribution in [0.1, 0.15) is 51.4 Å². The van der Waals surface area contributed by atoms with E-state index in [-0.39, 0.29) is 17.8 Å². The Balaban J connectivity index is 2.06. The first-order valence-electron chi connectivity index (χ1n) is 7.56. The van der Waals surface area contributed by atoms with Crippen LogP contribution >= 0.6 is 0 Å². The highest BCUT2D eigenvalue weighted by molar-refractivity contribution is 6.06. The van der Waals surface area contributed by atoms with Gasteiger partial charge in [-0.1, -0.05) is 30.8 Å². The molecule has 2 aliphatic rings. The van der Waals surface area contributed by atoms with Gasteiger partial charge in [-0.25, -0.2) is 0 Å². The van der Waals surface area contributed by atoms with Crippen LogP contribution in [-0.4, -0.2) is 36.2 Å². The van der Waals surface area contributed by atoms with E-state index in [1.807, 2.05) is 0 Å². The second-order valence-electron chi connectivity index (χ2n) is 5.84. The number of nitrogens with zero attached hydrogens (tertiary/aromatic N) is 1. The summed E-state index contributed by atoms with van der Waals surface area (Å²) in [5.41, 5.74) is 4.90. The molecule has 6 heteroatoms. The number of amides is 1. The number of hydrogen-bond acceptors (Lipinski definition) is 4. The summed E-state index contributed by atoms with van der Waals surface area (Å²) < 4.78 is 5.31. The lowest BCUT2D eigenvalue weighted by Gasteiger charge is -2.35. The molecule has 0 spiro atoms. The standard InChI is InChI=1S/C14H25N3O3/c15-12(17-19)14(7-9-20-10-8-14)13(18)16-11-5-3-1-2-4-6-11/h11,19H,1-10H2,(H2,15,17)(H,16,18). The lowest BCUT2D eigenvalue weighted by molar-refractivity contribution is -0.132. The fourth-order valence-corrected chi connectivity index (χ4v) is 3.16. The molecule has 2 rings (SSSR count). The molecule has 114 valence electrons. The molecular formula is C14H25N3O3. The molecule has 4 N–H and O–H groups in total. The molecule has 1 heterocycles. The Bertz CT molecular complexity index is 357. The molecule has 0 aromatic carbocycles. The van der Waals surface area contributed by atoms with Crippen molar-refractivity contribution in [1.82, 2.24) is 5.32 Å². The molecule has 1 amide bonds. The minimum Gasteiger partial charge on any atom is -0.409 e. The van der Waals surface area contributed by atoms with Crippen molar-refractivity contribution in [3.05, 3.63) is 0 Å². The average molecular weight is 283 g/mol. The maximum atomic E-state index is 12.7. The molecule has 0 unspecified atom stereocenters. The van der Waals surface area contributed by atoms with Gasteiger partial charge in [0.05, 0.1) is 0 Å². The van der Waals surface area contributed by atoms with Gasteiger partial charge in [-0.3, -0.25) is 4.79 Å². The molecule has 1 aliphatic carbocycles. The molecule has 20 heavy (non-hydrogen) atoms. The summed E-state index contributed by atoms with van der Waals surface area (Å²) in [5.74, 6) is -0.102. The van der Waals surface area contributed by atoms with Gasteiger partial charge < -0.3 is 21.0 Å². The second kappa shape index (κ2) is 6.92. The van der Waals surface area contributed by atoms with E-state index < -0.39 is 5.41 Å². The van der Waals surface area contributed by atoms with Crippen LogP contribution in [0, 0.1) is 5.41 Å². The van der Waals surface area contributed by atoms with E-state index in [9.17, 15) is 4.79 Å². The Hall–Kier alpha value is -1.30. The van der Waals surface area contributed by atoms with Gasteiger partial charge >= 0.3 is 0 Å². The van der Waals surface area contributed by atoms with Crippen LogP contribution in [0.15, 0.2) is 5.16 Å². The zero-order valence-electron chi connectivity index (χ0n) is 11.9. The number of amidine groups is 1. The summed E-state index contributed by atoms with van der Waals surface area (Å²) in [6.45, 7) is 0.933. The highest BCUT2D eigenvalue weighted by Crippen LogP contribution is 2.32. The third kappa shape index (κ3) is 3.23. The van der Waals surface area contributed by atoms with Gasteiger partial charge in [0, 0.05) is 19.3 Å². The predicted molar refractivity (Wildman–Crippen MR) is 75.5 cm³/mol. The number of carbonyl (C=O) groups excluding carboxylic acids is 1. The maximum absolute atomic E-state index is 12.7. The fraction of sp³-hybridized carbons (Fsp3) is 0.857. The minimum atomic E-state index is -0.903. The summed E-state index contributed by atoms with van der Waals surface area (Å²) in [5, 5.41) is 15.2. The molecule has 2 fully saturated rings. The quantitative estimate of drug-likeness (QED) is 0.239. The highest BCUT2D eigenvalue weighted by Gasteiger charge is 2.45. The van der Waals surface area contributed by atoms with E-state index >= 15 is 0 Å². The van der Waals surface area contributed by atoms with Crippen LogP contribution in [0.2, 0.25) is 0 Å². The van der Waals surface area contributed by atoms with Gasteiger partial charge in [0.25, 0.3) is 0 Å². The number of ether oxygens (including phenoxy) is 1. The van der Waals surface area contributed by atoms with Crippen LogP contribution in [0.3, 0.4) is 0 Å². The molecule has 6 nitrogen and oxygen atoms in total. The van der Waals surface area contributed by atoms with Crippen molar-refractivity contribution in [2.24, 2.45) is 16.3 Å². The monoisotopic (exact) mass is 283 g/mol. The number of nitrogens with one attached hydrogen (secondary N) is 1. The van der Waals surface area contributed by atoms with Crippen LogP contribution in [0.25, 0.3) is 0 Å². The van der Waals surface area contributed by atoms with Crippen molar-refractivity contribution in [3.63, 3.8) is 0 Å². The summed E-state index contributed by atoms with van der Waals surface area (Å²) in [6, 6.07) is 0.219. The molecule has 0 atom stereocenters. The molecule has 1 aliphatic heterocycles. The Morgan fingerprint density at radius 3 is 2.35 bits per heavy atom. The lowest BCUT2D eigenvalue weighted by atomic mass is 9.77. The second-order valence-corrected chi connectivity index (χ2v) is 5.84. The zero-order chi connectivity index (χ0) is 14.4. The molecule has 1 saturated carbocycles. The summed E-state index contributed by atoms with van der Waals surface area (Å²) >= 11 is 0. The van der Waals surface area contributed by atoms with Crippen LogP contribution < -0.4 is 11.1 Å². The van der Waals surface area contributed by atoms with Gasteiger partial charge in [0.2, 0.25) is 5.91 Å². The van der Waals surface area contributed by atoms with E-state index in [2.05, 4.69) is 10.5 Å². The van der Waals surface area contributed by atoms with Crippen molar-refractivity contribution in [3.8, 4) is 0 Å². The average Bonchev–Trinajstić information content (AvgIpc) is 2.75. The first kappa shape index (κ1) is 15.1. The molecule has 0 bridgehead atoms. The largest absolute Gasteiger partial charge is 0.409 e. The van der Waals surface area contributed by atoms with Crippen molar-refractivity contribution in [1.29, 1.82) is 0 Å². The molecule has 0 aromatic rings. The Kier molecular flexibility index (Phi) is 5.23. The molecular weight excluding hydrogens is 258 g/mol. The van der Waals surface area contributed by atoms with Gasteiger partial charge in [-0.15, -0.1) is 0 Å². The lowest BCUT2D eigenvalue weighted by Crippen LogP contribution is -2.54. The molecule has 1 saturated heterocycles. The summed E-state index contributed by atoms with van der Waals surface area (Å²) in [6.07, 6.45) is 7.79. The number of rotatable bonds is 3. The van der Waals surface area contributed by atoms with Crippen LogP contribution in [0.4, 0.5) is 0 Å². The van der Waals surface area contributed by atoms with Gasteiger partial charge in [0.1, 0.15) is 5.41 Å². The topological polar surface area (TPSA) is 96.9 Å². The van der Waals surface area contributed by atoms with Gasteiger partial charge in [0.15, 0.2) is 5.84 Å². The maximum Gasteiger partial charge on any atom is 0.234 e. The van der Waals surface area contributed by atoms with E-state index in [0.29, 0.717) is 26.1 Å². The zero-order valence-corrected chi connectivity index (χ0v) is 11.9. The Morgan fingerprint density at radius 1 is 1.20 bits per heavy atom. The number of carbonyl (C=O) groups is 1. The van der Waals surface area contributed by atoms with E-state index in [0.717, 1.165) is 25.7 Å². The van der Waals surface area contributed by atoms with E-state index in [1.165, 1.54) is 12.8 Å². The van der Waals surface area contributed by atoms with Gasteiger partial charge in [-0.2, -0.15) is 0 Å². The number of hydrogen-bond donors (Lipinski definition) is 3. The summed E-state index contributed by atoms with van der Waals surface area (Å²) in [7, 11) is 0. The van der Waals surface area contributed by atoms with Gasteiger partial charge in [-0.05, 0) is 25.7 Å². The number of nitrogens with two attached hydrogens (primary N) is 1. The molecule has 0 aromatic heterocycles. The third-order valence-electron chi connectivity index (χ3n) is 4.57. The van der Waals surface area contributed by atoms with Crippen molar-refractivity contribution in [2.75, 3.05) is 13.2 Å². The van der Waals surface area contributed by atoms with E-state index in [4.69, 9.17) is 15.7 Å². The predicted octanol–water partition coefficient (Wildman–Crippen LogP) is 1.37. The SMILES string of the molecule is NC(=NO)C1(C(=O)NC2CCCCCC2)CCOCC1. The summed E-state index contributed by atoms with van der Waals surface area (Å²) in [4.78, 5) is 12.7. The van der Waals surface area contributed by atoms with Crippen LogP contribution in [0.5, 0.6) is 0 Å². The van der Waals surface area contributed by atoms with Crippen molar-refractivity contribution >= 4 is 11.7 Å². The first-order chi connectivity index (χ1) is 9.69. The normalized spacial score (nSPS) is 24.9. The highest BCUT2D eigenvalue weighted by atomic mass is 16.5. The number of oxime groups is 1. The minimum absolute atomic E-state index is 0.00641.